The quantitative estimate of drug-likeness (QED) is 0.701. The van der Waals surface area contributed by atoms with Gasteiger partial charge in [-0.15, -0.1) is 0 Å². The van der Waals surface area contributed by atoms with Gasteiger partial charge >= 0.3 is 0 Å². The minimum Gasteiger partial charge on any atom is -0.364 e. The zero-order valence-electron chi connectivity index (χ0n) is 17.8. The van der Waals surface area contributed by atoms with E-state index in [1.54, 1.807) is 30.9 Å². The van der Waals surface area contributed by atoms with E-state index in [4.69, 9.17) is 0 Å². The molecule has 0 spiro atoms. The van der Waals surface area contributed by atoms with E-state index in [1.807, 2.05) is 36.9 Å². The van der Waals surface area contributed by atoms with Crippen LogP contribution in [0.1, 0.15) is 40.9 Å². The van der Waals surface area contributed by atoms with Crippen molar-refractivity contribution in [2.45, 2.75) is 45.2 Å². The summed E-state index contributed by atoms with van der Waals surface area (Å²) in [4.78, 5) is 33.4. The zero-order chi connectivity index (χ0) is 21.4. The number of nitrogens with one attached hydrogen (secondary N) is 1. The Morgan fingerprint density at radius 3 is 2.65 bits per heavy atom. The molecule has 2 aromatic heterocycles. The van der Waals surface area contributed by atoms with Crippen LogP contribution >= 0.6 is 0 Å². The first-order valence-corrected chi connectivity index (χ1v) is 10.8. The van der Waals surface area contributed by atoms with Crippen molar-refractivity contribution < 1.29 is 4.79 Å². The molecule has 3 atom stereocenters. The van der Waals surface area contributed by atoms with Crippen LogP contribution in [0.5, 0.6) is 0 Å². The van der Waals surface area contributed by atoms with Gasteiger partial charge in [-0.1, -0.05) is 11.6 Å². The normalized spacial score (nSPS) is 22.4. The number of rotatable bonds is 4. The topological polar surface area (TPSA) is 83.9 Å². The molecule has 7 nitrogen and oxygen atoms in total. The zero-order valence-corrected chi connectivity index (χ0v) is 17.8. The Bertz CT molecular complexity index is 1080. The van der Waals surface area contributed by atoms with Gasteiger partial charge in [0, 0.05) is 30.5 Å². The summed E-state index contributed by atoms with van der Waals surface area (Å²) >= 11 is 0. The lowest BCUT2D eigenvalue weighted by molar-refractivity contribution is 0.0282. The molecule has 1 saturated carbocycles. The Morgan fingerprint density at radius 1 is 1.06 bits per heavy atom. The van der Waals surface area contributed by atoms with E-state index < -0.39 is 0 Å². The van der Waals surface area contributed by atoms with Crippen LogP contribution in [0.25, 0.3) is 11.4 Å². The second-order valence-electron chi connectivity index (χ2n) is 8.62. The molecule has 3 fully saturated rings. The number of hydrogen-bond donors (Lipinski definition) is 1. The van der Waals surface area contributed by atoms with Gasteiger partial charge in [-0.2, -0.15) is 0 Å². The molecule has 1 aliphatic carbocycles. The number of piperidine rings is 2. The van der Waals surface area contributed by atoms with E-state index in [2.05, 4.69) is 25.3 Å². The average Bonchev–Trinajstić information content (AvgIpc) is 2.81. The smallest absolute Gasteiger partial charge is 0.254 e. The van der Waals surface area contributed by atoms with Crippen LogP contribution in [-0.2, 0) is 0 Å². The molecule has 3 unspecified atom stereocenters. The molecule has 0 radical (unpaired) electrons. The number of anilines is 1. The van der Waals surface area contributed by atoms with Crippen LogP contribution in [0.2, 0.25) is 0 Å². The maximum absolute atomic E-state index is 13.8. The number of carbonyl (C=O) groups is 1. The van der Waals surface area contributed by atoms with Crippen molar-refractivity contribution in [3.63, 3.8) is 0 Å². The number of fused-ring (bicyclic) bond motifs is 3. The molecule has 3 aromatic rings. The van der Waals surface area contributed by atoms with E-state index in [9.17, 15) is 4.79 Å². The van der Waals surface area contributed by atoms with Crippen molar-refractivity contribution in [2.75, 3.05) is 11.9 Å². The molecular weight excluding hydrogens is 388 g/mol. The lowest BCUT2D eigenvalue weighted by Gasteiger charge is -2.50. The van der Waals surface area contributed by atoms with Gasteiger partial charge in [0.05, 0.1) is 29.7 Å². The van der Waals surface area contributed by atoms with E-state index >= 15 is 0 Å². The lowest BCUT2D eigenvalue weighted by atomic mass is 9.76. The summed E-state index contributed by atoms with van der Waals surface area (Å²) in [6.45, 7) is 4.74. The van der Waals surface area contributed by atoms with Crippen molar-refractivity contribution in [2.24, 2.45) is 5.92 Å². The number of aromatic nitrogens is 4. The van der Waals surface area contributed by atoms with Gasteiger partial charge in [0.1, 0.15) is 5.82 Å². The molecule has 2 bridgehead atoms. The first kappa shape index (κ1) is 19.6. The monoisotopic (exact) mass is 414 g/mol. The molecule has 6 rings (SSSR count). The summed E-state index contributed by atoms with van der Waals surface area (Å²) < 4.78 is 0. The first-order chi connectivity index (χ1) is 15.1. The number of amides is 1. The predicted molar refractivity (Wildman–Crippen MR) is 119 cm³/mol. The van der Waals surface area contributed by atoms with Crippen LogP contribution < -0.4 is 5.32 Å². The van der Waals surface area contributed by atoms with Crippen molar-refractivity contribution >= 4 is 11.7 Å². The molecule has 158 valence electrons. The van der Waals surface area contributed by atoms with Crippen LogP contribution in [0, 0.1) is 19.8 Å². The van der Waals surface area contributed by atoms with Gasteiger partial charge < -0.3 is 10.2 Å². The molecule has 2 saturated heterocycles. The van der Waals surface area contributed by atoms with Gasteiger partial charge in [0.15, 0.2) is 5.82 Å². The summed E-state index contributed by atoms with van der Waals surface area (Å²) in [6.07, 6.45) is 10.2. The van der Waals surface area contributed by atoms with E-state index in [0.717, 1.165) is 48.4 Å². The highest BCUT2D eigenvalue weighted by Crippen LogP contribution is 2.38. The van der Waals surface area contributed by atoms with E-state index in [1.165, 1.54) is 0 Å². The highest BCUT2D eigenvalue weighted by molar-refractivity contribution is 6.00. The Kier molecular flexibility index (Phi) is 5.10. The van der Waals surface area contributed by atoms with Gasteiger partial charge in [0.2, 0.25) is 0 Å². The minimum atomic E-state index is 0.0543. The second-order valence-corrected chi connectivity index (χ2v) is 8.62. The first-order valence-electron chi connectivity index (χ1n) is 10.8. The van der Waals surface area contributed by atoms with Crippen molar-refractivity contribution in [3.8, 4) is 11.4 Å². The molecule has 1 N–H and O–H groups in total. The average molecular weight is 415 g/mol. The van der Waals surface area contributed by atoms with Crippen LogP contribution in [-0.4, -0.2) is 49.4 Å². The maximum atomic E-state index is 13.8. The van der Waals surface area contributed by atoms with E-state index in [0.29, 0.717) is 17.3 Å². The molecule has 4 heterocycles. The second kappa shape index (κ2) is 8.06. The fourth-order valence-electron chi connectivity index (χ4n) is 4.86. The highest BCUT2D eigenvalue weighted by Gasteiger charge is 2.43. The number of aryl methyl sites for hydroxylation is 2. The third kappa shape index (κ3) is 3.87. The lowest BCUT2D eigenvalue weighted by Crippen LogP contribution is -2.59. The number of hydrogen-bond acceptors (Lipinski definition) is 6. The number of carbonyl (C=O) groups excluding carboxylic acids is 1. The standard InChI is InChI=1S/C24H26N6O/c1-15-4-6-18(19(10-15)23-25-8-3-9-26-23)24(31)30-14-17-5-7-21(30)20(11-17)29-22-13-27-16(2)12-28-22/h3-4,6,8-10,12-13,17,20-21H,5,7,11,14H2,1-2H3,(H,28,29). The summed E-state index contributed by atoms with van der Waals surface area (Å²) in [5.74, 6) is 1.90. The Morgan fingerprint density at radius 2 is 1.90 bits per heavy atom. The summed E-state index contributed by atoms with van der Waals surface area (Å²) in [7, 11) is 0. The Hall–Kier alpha value is -3.35. The highest BCUT2D eigenvalue weighted by atomic mass is 16.2. The molecule has 1 aromatic carbocycles. The third-order valence-corrected chi connectivity index (χ3v) is 6.36. The van der Waals surface area contributed by atoms with Crippen molar-refractivity contribution in [1.82, 2.24) is 24.8 Å². The van der Waals surface area contributed by atoms with Crippen molar-refractivity contribution in [3.05, 3.63) is 65.9 Å². The number of nitrogens with zero attached hydrogens (tertiary/aromatic N) is 5. The Balaban J connectivity index is 1.44. The SMILES string of the molecule is Cc1ccc(C(=O)N2CC3CCC2C(Nc2cnc(C)cn2)C3)c(-c2ncccn2)c1. The fraction of sp³-hybridized carbons (Fsp3) is 0.375. The summed E-state index contributed by atoms with van der Waals surface area (Å²) in [5, 5.41) is 3.54. The van der Waals surface area contributed by atoms with Gasteiger partial charge in [0.25, 0.3) is 5.91 Å². The van der Waals surface area contributed by atoms with Gasteiger partial charge in [-0.3, -0.25) is 9.78 Å². The third-order valence-electron chi connectivity index (χ3n) is 6.36. The van der Waals surface area contributed by atoms with Gasteiger partial charge in [-0.05, 0) is 57.2 Å². The predicted octanol–water partition coefficient (Wildman–Crippen LogP) is 3.66. The van der Waals surface area contributed by atoms with Crippen molar-refractivity contribution in [1.29, 1.82) is 0 Å². The van der Waals surface area contributed by atoms with Gasteiger partial charge in [-0.25, -0.2) is 15.0 Å². The molecule has 7 heteroatoms. The number of benzene rings is 1. The molecule has 2 aliphatic heterocycles. The fourth-order valence-corrected chi connectivity index (χ4v) is 4.86. The minimum absolute atomic E-state index is 0.0543. The van der Waals surface area contributed by atoms with Crippen LogP contribution in [0.15, 0.2) is 49.1 Å². The van der Waals surface area contributed by atoms with Crippen LogP contribution in [0.3, 0.4) is 0 Å². The maximum Gasteiger partial charge on any atom is 0.254 e. The molecule has 31 heavy (non-hydrogen) atoms. The largest absolute Gasteiger partial charge is 0.364 e. The summed E-state index contributed by atoms with van der Waals surface area (Å²) in [5.41, 5.74) is 3.43. The summed E-state index contributed by atoms with van der Waals surface area (Å²) in [6, 6.07) is 8.00. The molecule has 3 aliphatic rings. The molecule has 1 amide bonds. The molecular formula is C24H26N6O. The van der Waals surface area contributed by atoms with Crippen LogP contribution in [0.4, 0.5) is 5.82 Å². The Labute approximate surface area is 182 Å². The van der Waals surface area contributed by atoms with E-state index in [-0.39, 0.29) is 18.0 Å².